The average molecular weight is 359 g/mol. The zero-order chi connectivity index (χ0) is 19.3. The van der Waals surface area contributed by atoms with E-state index in [2.05, 4.69) is 15.6 Å². The minimum absolute atomic E-state index is 0.0559. The Kier molecular flexibility index (Phi) is 5.81. The summed E-state index contributed by atoms with van der Waals surface area (Å²) in [7, 11) is 3.55. The molecule has 2 rings (SSSR count). The molecule has 0 aliphatic heterocycles. The first kappa shape index (κ1) is 18.8. The lowest BCUT2D eigenvalue weighted by molar-refractivity contribution is -0.386. The van der Waals surface area contributed by atoms with Gasteiger partial charge in [0.25, 0.3) is 5.91 Å². The molecule has 1 heterocycles. The smallest absolute Gasteiger partial charge is 0.325 e. The molecule has 0 saturated carbocycles. The molecule has 26 heavy (non-hydrogen) atoms. The van der Waals surface area contributed by atoms with E-state index in [1.165, 1.54) is 0 Å². The van der Waals surface area contributed by atoms with Crippen LogP contribution >= 0.6 is 0 Å². The van der Waals surface area contributed by atoms with Gasteiger partial charge in [-0.2, -0.15) is 0 Å². The third kappa shape index (κ3) is 4.98. The van der Waals surface area contributed by atoms with E-state index < -0.39 is 22.1 Å². The summed E-state index contributed by atoms with van der Waals surface area (Å²) in [5.41, 5.74) is -0.662. The van der Waals surface area contributed by atoms with Crippen LogP contribution in [-0.2, 0) is 4.79 Å². The molecule has 0 fully saturated rings. The van der Waals surface area contributed by atoms with Crippen molar-refractivity contribution in [3.63, 3.8) is 0 Å². The number of hydrogen-bond donors (Lipinski definition) is 3. The summed E-state index contributed by atoms with van der Waals surface area (Å²) in [4.78, 5) is 48.9. The van der Waals surface area contributed by atoms with Crippen LogP contribution in [0.15, 0.2) is 41.3 Å². The Balaban J connectivity index is 2.06. The molecular weight excluding hydrogens is 342 g/mol. The van der Waals surface area contributed by atoms with Crippen LogP contribution in [0, 0.1) is 10.1 Å². The maximum absolute atomic E-state index is 12.2. The van der Waals surface area contributed by atoms with E-state index in [0.29, 0.717) is 11.4 Å². The second kappa shape index (κ2) is 8.03. The summed E-state index contributed by atoms with van der Waals surface area (Å²) in [6.45, 7) is 0.240. The first-order valence-corrected chi connectivity index (χ1v) is 7.49. The number of aromatic amines is 1. The Morgan fingerprint density at radius 2 is 1.73 bits per heavy atom. The fourth-order valence-corrected chi connectivity index (χ4v) is 2.07. The number of carbonyl (C=O) groups is 2. The van der Waals surface area contributed by atoms with Gasteiger partial charge < -0.3 is 20.5 Å². The average Bonchev–Trinajstić information content (AvgIpc) is 2.56. The molecule has 0 unspecified atom stereocenters. The summed E-state index contributed by atoms with van der Waals surface area (Å²) >= 11 is 0. The van der Waals surface area contributed by atoms with Crippen molar-refractivity contribution in [3.8, 4) is 0 Å². The number of anilines is 2. The summed E-state index contributed by atoms with van der Waals surface area (Å²) in [6.07, 6.45) is 1.10. The molecule has 0 atom stereocenters. The summed E-state index contributed by atoms with van der Waals surface area (Å²) in [6, 6.07) is 7.27. The van der Waals surface area contributed by atoms with Gasteiger partial charge in [-0.15, -0.1) is 0 Å². The quantitative estimate of drug-likeness (QED) is 0.520. The number of nitrogens with one attached hydrogen (secondary N) is 3. The lowest BCUT2D eigenvalue weighted by Gasteiger charge is -2.11. The Morgan fingerprint density at radius 3 is 2.27 bits per heavy atom. The summed E-state index contributed by atoms with van der Waals surface area (Å²) in [5, 5.41) is 16.0. The predicted octanol–water partition coefficient (Wildman–Crippen LogP) is 1.04. The third-order valence-electron chi connectivity index (χ3n) is 3.23. The highest BCUT2D eigenvalue weighted by Crippen LogP contribution is 2.15. The SMILES string of the molecule is CN(C)CC(=O)Nc1ccc(NC(=O)c2c[nH]c(=O)c([N+](=O)[O-])c2)cc1. The van der Waals surface area contributed by atoms with Crippen molar-refractivity contribution in [2.24, 2.45) is 0 Å². The maximum Gasteiger partial charge on any atom is 0.334 e. The van der Waals surface area contributed by atoms with E-state index in [9.17, 15) is 24.5 Å². The lowest BCUT2D eigenvalue weighted by Crippen LogP contribution is -2.27. The van der Waals surface area contributed by atoms with E-state index in [-0.39, 0.29) is 18.0 Å². The van der Waals surface area contributed by atoms with Crippen molar-refractivity contribution < 1.29 is 14.5 Å². The number of amides is 2. The molecule has 0 aliphatic rings. The molecule has 3 N–H and O–H groups in total. The minimum Gasteiger partial charge on any atom is -0.325 e. The van der Waals surface area contributed by atoms with Crippen molar-refractivity contribution in [2.45, 2.75) is 0 Å². The van der Waals surface area contributed by atoms with Gasteiger partial charge in [0, 0.05) is 23.6 Å². The second-order valence-corrected chi connectivity index (χ2v) is 5.68. The standard InChI is InChI=1S/C16H17N5O5/c1-20(2)9-14(22)18-11-3-5-12(6-4-11)19-15(23)10-7-13(21(25)26)16(24)17-8-10/h3-8H,9H2,1-2H3,(H,17,24)(H,18,22)(H,19,23). The van der Waals surface area contributed by atoms with Gasteiger partial charge in [0.05, 0.1) is 17.0 Å². The number of nitro groups is 1. The third-order valence-corrected chi connectivity index (χ3v) is 3.23. The summed E-state index contributed by atoms with van der Waals surface area (Å²) < 4.78 is 0. The predicted molar refractivity (Wildman–Crippen MR) is 95.3 cm³/mol. The van der Waals surface area contributed by atoms with Crippen LogP contribution < -0.4 is 16.2 Å². The largest absolute Gasteiger partial charge is 0.334 e. The van der Waals surface area contributed by atoms with Gasteiger partial charge in [0.15, 0.2) is 0 Å². The van der Waals surface area contributed by atoms with Gasteiger partial charge in [-0.25, -0.2) is 0 Å². The van der Waals surface area contributed by atoms with Gasteiger partial charge in [-0.05, 0) is 38.4 Å². The highest BCUT2D eigenvalue weighted by molar-refractivity contribution is 6.04. The first-order chi connectivity index (χ1) is 12.3. The molecule has 10 nitrogen and oxygen atoms in total. The molecule has 10 heteroatoms. The Hall–Kier alpha value is -3.53. The van der Waals surface area contributed by atoms with Gasteiger partial charge in [-0.1, -0.05) is 0 Å². The van der Waals surface area contributed by atoms with Crippen molar-refractivity contribution in [2.75, 3.05) is 31.3 Å². The van der Waals surface area contributed by atoms with E-state index in [0.717, 1.165) is 12.3 Å². The molecule has 1 aromatic carbocycles. The zero-order valence-corrected chi connectivity index (χ0v) is 14.1. The fourth-order valence-electron chi connectivity index (χ4n) is 2.07. The van der Waals surface area contributed by atoms with Crippen LogP contribution in [0.1, 0.15) is 10.4 Å². The molecule has 2 amide bonds. The fraction of sp³-hybridized carbons (Fsp3) is 0.188. The van der Waals surface area contributed by atoms with Crippen molar-refractivity contribution >= 4 is 28.9 Å². The first-order valence-electron chi connectivity index (χ1n) is 7.49. The number of nitrogens with zero attached hydrogens (tertiary/aromatic N) is 2. The maximum atomic E-state index is 12.2. The number of H-pyrrole nitrogens is 1. The summed E-state index contributed by atoms with van der Waals surface area (Å²) in [5.74, 6) is -0.791. The minimum atomic E-state index is -0.885. The molecule has 0 radical (unpaired) electrons. The van der Waals surface area contributed by atoms with Crippen LogP contribution in [0.5, 0.6) is 0 Å². The Bertz CT molecular complexity index is 889. The molecule has 136 valence electrons. The van der Waals surface area contributed by atoms with Gasteiger partial charge >= 0.3 is 11.2 Å². The van der Waals surface area contributed by atoms with Crippen LogP contribution in [0.25, 0.3) is 0 Å². The molecule has 0 saturated heterocycles. The molecule has 0 aliphatic carbocycles. The van der Waals surface area contributed by atoms with E-state index in [1.54, 1.807) is 43.3 Å². The van der Waals surface area contributed by atoms with Crippen molar-refractivity contribution in [1.82, 2.24) is 9.88 Å². The lowest BCUT2D eigenvalue weighted by atomic mass is 10.2. The van der Waals surface area contributed by atoms with Gasteiger partial charge in [0.1, 0.15) is 0 Å². The molecular formula is C16H17N5O5. The van der Waals surface area contributed by atoms with Gasteiger partial charge in [-0.3, -0.25) is 24.5 Å². The molecule has 2 aromatic rings. The number of benzene rings is 1. The number of pyridine rings is 1. The number of carbonyl (C=O) groups excluding carboxylic acids is 2. The van der Waals surface area contributed by atoms with E-state index in [1.807, 2.05) is 0 Å². The van der Waals surface area contributed by atoms with Crippen LogP contribution in [-0.4, -0.2) is 47.3 Å². The zero-order valence-electron chi connectivity index (χ0n) is 14.1. The van der Waals surface area contributed by atoms with E-state index in [4.69, 9.17) is 0 Å². The number of rotatable bonds is 6. The Morgan fingerprint density at radius 1 is 1.15 bits per heavy atom. The number of aromatic nitrogens is 1. The monoisotopic (exact) mass is 359 g/mol. The van der Waals surface area contributed by atoms with Gasteiger partial charge in [0.2, 0.25) is 5.91 Å². The molecule has 1 aromatic heterocycles. The van der Waals surface area contributed by atoms with Crippen molar-refractivity contribution in [1.29, 1.82) is 0 Å². The normalized spacial score (nSPS) is 10.4. The number of hydrogen-bond acceptors (Lipinski definition) is 6. The van der Waals surface area contributed by atoms with Crippen LogP contribution in [0.2, 0.25) is 0 Å². The van der Waals surface area contributed by atoms with E-state index >= 15 is 0 Å². The van der Waals surface area contributed by atoms with Crippen LogP contribution in [0.4, 0.5) is 17.1 Å². The topological polar surface area (TPSA) is 137 Å². The van der Waals surface area contributed by atoms with Crippen molar-refractivity contribution in [3.05, 3.63) is 62.6 Å². The number of likely N-dealkylation sites (N-methyl/N-ethyl adjacent to an activating group) is 1. The van der Waals surface area contributed by atoms with Crippen LogP contribution in [0.3, 0.4) is 0 Å². The molecule has 0 spiro atoms. The Labute approximate surface area is 148 Å². The second-order valence-electron chi connectivity index (χ2n) is 5.68. The highest BCUT2D eigenvalue weighted by atomic mass is 16.6. The highest BCUT2D eigenvalue weighted by Gasteiger charge is 2.16. The molecule has 0 bridgehead atoms.